The Morgan fingerprint density at radius 2 is 1.95 bits per heavy atom. The zero-order valence-electron chi connectivity index (χ0n) is 12.4. The van der Waals surface area contributed by atoms with Crippen LogP contribution >= 0.6 is 0 Å². The van der Waals surface area contributed by atoms with Crippen LogP contribution in [0.4, 0.5) is 0 Å². The Balaban J connectivity index is 2.28. The molecule has 0 atom stereocenters. The van der Waals surface area contributed by atoms with Gasteiger partial charge >= 0.3 is 5.97 Å². The van der Waals surface area contributed by atoms with Gasteiger partial charge in [-0.1, -0.05) is 18.2 Å². The maximum atomic E-state index is 11.9. The van der Waals surface area contributed by atoms with Crippen molar-refractivity contribution < 1.29 is 14.3 Å². The van der Waals surface area contributed by atoms with E-state index in [2.05, 4.69) is 5.10 Å². The van der Waals surface area contributed by atoms with Crippen LogP contribution in [-0.2, 0) is 15.9 Å². The molecule has 0 saturated carbocycles. The number of methoxy groups -OCH3 is 2. The quantitative estimate of drug-likeness (QED) is 0.580. The average molecular weight is 288 g/mol. The molecule has 0 aliphatic carbocycles. The number of hydrogen-bond acceptors (Lipinski definition) is 4. The van der Waals surface area contributed by atoms with Gasteiger partial charge in [0.25, 0.3) is 0 Å². The van der Waals surface area contributed by atoms with Crippen LogP contribution in [0.1, 0.15) is 28.9 Å². The molecule has 1 aromatic carbocycles. The number of para-hydroxylation sites is 1. The first-order valence-corrected chi connectivity index (χ1v) is 6.97. The molecule has 5 nitrogen and oxygen atoms in total. The standard InChI is InChI=1S/C16H20N2O3/c1-20-11-7-6-10-15-14(16(19)21-2)12-17-18(15)13-8-4-3-5-9-13/h3-5,8-9,12H,6-7,10-11H2,1-2H3. The van der Waals surface area contributed by atoms with Gasteiger partial charge in [-0.25, -0.2) is 9.48 Å². The van der Waals surface area contributed by atoms with E-state index < -0.39 is 0 Å². The summed E-state index contributed by atoms with van der Waals surface area (Å²) in [6.45, 7) is 0.715. The molecule has 0 bridgehead atoms. The van der Waals surface area contributed by atoms with E-state index in [1.807, 2.05) is 30.3 Å². The minimum atomic E-state index is -0.348. The smallest absolute Gasteiger partial charge is 0.341 e. The van der Waals surface area contributed by atoms with Crippen molar-refractivity contribution in [2.45, 2.75) is 19.3 Å². The van der Waals surface area contributed by atoms with E-state index in [0.717, 1.165) is 30.6 Å². The fourth-order valence-corrected chi connectivity index (χ4v) is 2.23. The molecule has 0 unspecified atom stereocenters. The first kappa shape index (κ1) is 15.3. The SMILES string of the molecule is COCCCCc1c(C(=O)OC)cnn1-c1ccccc1. The maximum Gasteiger partial charge on any atom is 0.341 e. The highest BCUT2D eigenvalue weighted by molar-refractivity contribution is 5.90. The number of hydrogen-bond donors (Lipinski definition) is 0. The molecule has 0 aliphatic rings. The highest BCUT2D eigenvalue weighted by Gasteiger charge is 2.18. The molecule has 2 rings (SSSR count). The van der Waals surface area contributed by atoms with E-state index in [4.69, 9.17) is 9.47 Å². The first-order valence-electron chi connectivity index (χ1n) is 6.97. The van der Waals surface area contributed by atoms with E-state index in [9.17, 15) is 4.79 Å². The predicted molar refractivity (Wildman–Crippen MR) is 79.7 cm³/mol. The molecular formula is C16H20N2O3. The molecule has 21 heavy (non-hydrogen) atoms. The van der Waals surface area contributed by atoms with Gasteiger partial charge in [0.1, 0.15) is 5.56 Å². The number of unbranched alkanes of at least 4 members (excludes halogenated alkanes) is 1. The summed E-state index contributed by atoms with van der Waals surface area (Å²) in [6, 6.07) is 9.78. The molecule has 2 aromatic rings. The number of benzene rings is 1. The van der Waals surface area contributed by atoms with E-state index in [-0.39, 0.29) is 5.97 Å². The number of ether oxygens (including phenoxy) is 2. The van der Waals surface area contributed by atoms with Gasteiger partial charge in [0.15, 0.2) is 0 Å². The minimum absolute atomic E-state index is 0.348. The first-order chi connectivity index (χ1) is 10.3. The van der Waals surface area contributed by atoms with E-state index >= 15 is 0 Å². The number of carbonyl (C=O) groups excluding carboxylic acids is 1. The lowest BCUT2D eigenvalue weighted by Crippen LogP contribution is -2.08. The molecule has 0 spiro atoms. The van der Waals surface area contributed by atoms with Gasteiger partial charge in [0, 0.05) is 13.7 Å². The number of carbonyl (C=O) groups is 1. The number of rotatable bonds is 7. The summed E-state index contributed by atoms with van der Waals surface area (Å²) in [7, 11) is 3.07. The van der Waals surface area contributed by atoms with Crippen molar-refractivity contribution in [3.8, 4) is 5.69 Å². The number of esters is 1. The molecule has 1 heterocycles. The number of aromatic nitrogens is 2. The van der Waals surface area contributed by atoms with Crippen molar-refractivity contribution >= 4 is 5.97 Å². The second-order valence-electron chi connectivity index (χ2n) is 4.69. The van der Waals surface area contributed by atoms with Crippen molar-refractivity contribution in [1.82, 2.24) is 9.78 Å². The van der Waals surface area contributed by atoms with Crippen molar-refractivity contribution in [3.05, 3.63) is 47.8 Å². The van der Waals surface area contributed by atoms with Crippen LogP contribution in [0.2, 0.25) is 0 Å². The van der Waals surface area contributed by atoms with Crippen LogP contribution in [0.25, 0.3) is 5.69 Å². The topological polar surface area (TPSA) is 53.4 Å². The third-order valence-electron chi connectivity index (χ3n) is 3.29. The Hall–Kier alpha value is -2.14. The third-order valence-corrected chi connectivity index (χ3v) is 3.29. The van der Waals surface area contributed by atoms with Gasteiger partial charge in [0.05, 0.1) is 24.7 Å². The van der Waals surface area contributed by atoms with Crippen LogP contribution < -0.4 is 0 Å². The Labute approximate surface area is 124 Å². The van der Waals surface area contributed by atoms with Crippen LogP contribution in [0, 0.1) is 0 Å². The summed E-state index contributed by atoms with van der Waals surface area (Å²) in [4.78, 5) is 11.9. The van der Waals surface area contributed by atoms with Crippen LogP contribution in [-0.4, -0.2) is 36.6 Å². The van der Waals surface area contributed by atoms with Crippen molar-refractivity contribution in [2.75, 3.05) is 20.8 Å². The van der Waals surface area contributed by atoms with Crippen LogP contribution in [0.5, 0.6) is 0 Å². The van der Waals surface area contributed by atoms with Gasteiger partial charge in [-0.05, 0) is 31.4 Å². The maximum absolute atomic E-state index is 11.9. The fourth-order valence-electron chi connectivity index (χ4n) is 2.23. The van der Waals surface area contributed by atoms with E-state index in [0.29, 0.717) is 12.2 Å². The van der Waals surface area contributed by atoms with Crippen molar-refractivity contribution in [1.29, 1.82) is 0 Å². The van der Waals surface area contributed by atoms with E-state index in [1.54, 1.807) is 18.0 Å². The monoisotopic (exact) mass is 288 g/mol. The Morgan fingerprint density at radius 3 is 2.62 bits per heavy atom. The lowest BCUT2D eigenvalue weighted by Gasteiger charge is -2.09. The zero-order valence-corrected chi connectivity index (χ0v) is 12.4. The molecule has 5 heteroatoms. The molecular weight excluding hydrogens is 268 g/mol. The lowest BCUT2D eigenvalue weighted by atomic mass is 10.1. The summed E-state index contributed by atoms with van der Waals surface area (Å²) >= 11 is 0. The molecule has 0 radical (unpaired) electrons. The summed E-state index contributed by atoms with van der Waals surface area (Å²) < 4.78 is 11.7. The summed E-state index contributed by atoms with van der Waals surface area (Å²) in [6.07, 6.45) is 4.20. The lowest BCUT2D eigenvalue weighted by molar-refractivity contribution is 0.0599. The second-order valence-corrected chi connectivity index (χ2v) is 4.69. The summed E-state index contributed by atoms with van der Waals surface area (Å²) in [5.74, 6) is -0.348. The molecule has 0 saturated heterocycles. The third kappa shape index (κ3) is 3.70. The summed E-state index contributed by atoms with van der Waals surface area (Å²) in [5, 5.41) is 4.34. The van der Waals surface area contributed by atoms with E-state index in [1.165, 1.54) is 7.11 Å². The Morgan fingerprint density at radius 1 is 1.19 bits per heavy atom. The predicted octanol–water partition coefficient (Wildman–Crippen LogP) is 2.63. The molecule has 112 valence electrons. The molecule has 0 aliphatic heterocycles. The molecule has 0 N–H and O–H groups in total. The largest absolute Gasteiger partial charge is 0.465 e. The van der Waals surface area contributed by atoms with Gasteiger partial charge in [-0.3, -0.25) is 0 Å². The molecule has 0 fully saturated rings. The minimum Gasteiger partial charge on any atom is -0.465 e. The fraction of sp³-hybridized carbons (Fsp3) is 0.375. The second kappa shape index (κ2) is 7.59. The Kier molecular flexibility index (Phi) is 5.51. The van der Waals surface area contributed by atoms with Crippen molar-refractivity contribution in [2.24, 2.45) is 0 Å². The van der Waals surface area contributed by atoms with Gasteiger partial charge in [-0.15, -0.1) is 0 Å². The Bertz CT molecular complexity index is 578. The highest BCUT2D eigenvalue weighted by atomic mass is 16.5. The molecule has 1 aromatic heterocycles. The van der Waals surface area contributed by atoms with Crippen LogP contribution in [0.15, 0.2) is 36.5 Å². The zero-order chi connectivity index (χ0) is 15.1. The van der Waals surface area contributed by atoms with Gasteiger partial charge in [-0.2, -0.15) is 5.10 Å². The number of nitrogens with zero attached hydrogens (tertiary/aromatic N) is 2. The van der Waals surface area contributed by atoms with Crippen LogP contribution in [0.3, 0.4) is 0 Å². The average Bonchev–Trinajstić information content (AvgIpc) is 2.95. The molecule has 0 amide bonds. The summed E-state index contributed by atoms with van der Waals surface area (Å²) in [5.41, 5.74) is 2.34. The van der Waals surface area contributed by atoms with Crippen molar-refractivity contribution in [3.63, 3.8) is 0 Å². The highest BCUT2D eigenvalue weighted by Crippen LogP contribution is 2.18. The van der Waals surface area contributed by atoms with Gasteiger partial charge in [0.2, 0.25) is 0 Å². The van der Waals surface area contributed by atoms with Gasteiger partial charge < -0.3 is 9.47 Å². The normalized spacial score (nSPS) is 10.6.